The highest BCUT2D eigenvalue weighted by Crippen LogP contribution is 2.36. The summed E-state index contributed by atoms with van der Waals surface area (Å²) >= 11 is 1.23. The van der Waals surface area contributed by atoms with E-state index in [1.807, 2.05) is 38.1 Å². The predicted octanol–water partition coefficient (Wildman–Crippen LogP) is 3.69. The van der Waals surface area contributed by atoms with E-state index < -0.39 is 12.0 Å². The average Bonchev–Trinajstić information content (AvgIpc) is 3.18. The molecule has 4 rings (SSSR count). The van der Waals surface area contributed by atoms with E-state index in [-0.39, 0.29) is 17.9 Å². The maximum absolute atomic E-state index is 13.8. The Hall–Kier alpha value is -3.85. The van der Waals surface area contributed by atoms with Gasteiger partial charge < -0.3 is 19.3 Å². The molecule has 0 saturated heterocycles. The average molecular weight is 523 g/mol. The number of rotatable bonds is 9. The Bertz CT molecular complexity index is 1520. The van der Waals surface area contributed by atoms with Crippen LogP contribution in [-0.2, 0) is 9.53 Å². The van der Waals surface area contributed by atoms with Gasteiger partial charge in [-0.05, 0) is 57.0 Å². The van der Waals surface area contributed by atoms with Crippen molar-refractivity contribution in [1.29, 1.82) is 0 Å². The third-order valence-corrected chi connectivity index (χ3v) is 6.76. The summed E-state index contributed by atoms with van der Waals surface area (Å²) in [5.74, 6) is 0.441. The fraction of sp³-hybridized carbons (Fsp3) is 0.321. The summed E-state index contributed by atoms with van der Waals surface area (Å²) in [4.78, 5) is 32.0. The second kappa shape index (κ2) is 11.5. The molecule has 0 saturated carbocycles. The van der Waals surface area contributed by atoms with Crippen LogP contribution in [0.3, 0.4) is 0 Å². The van der Waals surface area contributed by atoms with Gasteiger partial charge in [-0.2, -0.15) is 0 Å². The number of thiazole rings is 1. The van der Waals surface area contributed by atoms with Gasteiger partial charge in [-0.25, -0.2) is 9.79 Å². The van der Waals surface area contributed by atoms with Gasteiger partial charge in [0.1, 0.15) is 11.8 Å². The van der Waals surface area contributed by atoms with Crippen LogP contribution in [-0.4, -0.2) is 35.5 Å². The third kappa shape index (κ3) is 5.32. The minimum atomic E-state index is -0.760. The fourth-order valence-electron chi connectivity index (χ4n) is 4.18. The van der Waals surface area contributed by atoms with Gasteiger partial charge in [-0.15, -0.1) is 0 Å². The molecule has 2 aromatic carbocycles. The van der Waals surface area contributed by atoms with Crippen LogP contribution in [0.25, 0.3) is 6.08 Å². The molecule has 1 aliphatic rings. The number of para-hydroxylation sites is 1. The first kappa shape index (κ1) is 26.2. The third-order valence-electron chi connectivity index (χ3n) is 5.77. The first-order chi connectivity index (χ1) is 17.9. The molecule has 0 radical (unpaired) electrons. The van der Waals surface area contributed by atoms with Crippen LogP contribution < -0.4 is 24.4 Å². The van der Waals surface area contributed by atoms with E-state index in [1.54, 1.807) is 32.1 Å². The number of aromatic nitrogens is 1. The summed E-state index contributed by atoms with van der Waals surface area (Å²) in [6.45, 7) is 8.43. The standard InChI is InChI=1S/C28H30N2O6S/c1-5-14-36-21-11-9-8-10-19(21)25-24(27(33)35-7-3)17(4)29-28-30(25)26(32)23(37-28)16-18-12-13-20(31)22(15-18)34-6-2/h8-13,15-16,25,31H,5-7,14H2,1-4H3/b23-16+/t25-/m0/s1. The second-order valence-corrected chi connectivity index (χ2v) is 9.36. The molecule has 0 aliphatic carbocycles. The highest BCUT2D eigenvalue weighted by molar-refractivity contribution is 7.07. The summed E-state index contributed by atoms with van der Waals surface area (Å²) in [5, 5.41) is 10.0. The van der Waals surface area contributed by atoms with Gasteiger partial charge in [-0.1, -0.05) is 42.5 Å². The highest BCUT2D eigenvalue weighted by atomic mass is 32.1. The quantitative estimate of drug-likeness (QED) is 0.431. The molecule has 9 heteroatoms. The molecule has 0 amide bonds. The van der Waals surface area contributed by atoms with E-state index in [0.29, 0.717) is 56.4 Å². The zero-order chi connectivity index (χ0) is 26.5. The van der Waals surface area contributed by atoms with Crippen molar-refractivity contribution in [3.63, 3.8) is 0 Å². The lowest BCUT2D eigenvalue weighted by Gasteiger charge is -2.26. The van der Waals surface area contributed by atoms with Crippen molar-refractivity contribution in [3.8, 4) is 17.2 Å². The summed E-state index contributed by atoms with van der Waals surface area (Å²) in [7, 11) is 0. The van der Waals surface area contributed by atoms with Gasteiger partial charge in [0.25, 0.3) is 5.56 Å². The van der Waals surface area contributed by atoms with Gasteiger partial charge in [-0.3, -0.25) is 9.36 Å². The monoisotopic (exact) mass is 522 g/mol. The minimum absolute atomic E-state index is 0.0267. The first-order valence-corrected chi connectivity index (χ1v) is 13.1. The van der Waals surface area contributed by atoms with Crippen molar-refractivity contribution in [2.24, 2.45) is 4.99 Å². The number of hydrogen-bond acceptors (Lipinski definition) is 8. The number of nitrogens with zero attached hydrogens (tertiary/aromatic N) is 2. The molecule has 0 spiro atoms. The summed E-state index contributed by atoms with van der Waals surface area (Å²) in [6, 6.07) is 11.6. The highest BCUT2D eigenvalue weighted by Gasteiger charge is 2.35. The maximum Gasteiger partial charge on any atom is 0.338 e. The molecular weight excluding hydrogens is 492 g/mol. The minimum Gasteiger partial charge on any atom is -0.504 e. The number of hydrogen-bond donors (Lipinski definition) is 1. The number of esters is 1. The van der Waals surface area contributed by atoms with E-state index in [0.717, 1.165) is 6.42 Å². The molecule has 2 heterocycles. The molecule has 8 nitrogen and oxygen atoms in total. The number of phenols is 1. The molecular formula is C28H30N2O6S. The van der Waals surface area contributed by atoms with Crippen LogP contribution in [0, 0.1) is 0 Å². The van der Waals surface area contributed by atoms with Crippen molar-refractivity contribution < 1.29 is 24.1 Å². The Labute approximate surface area is 218 Å². The SMILES string of the molecule is CCCOc1ccccc1[C@H]1C(C(=O)OCC)=C(C)N=c2s/c(=C/c3ccc(O)c(OCC)c3)c(=O)n21. The van der Waals surface area contributed by atoms with Gasteiger partial charge in [0, 0.05) is 5.56 Å². The largest absolute Gasteiger partial charge is 0.504 e. The molecule has 0 bridgehead atoms. The van der Waals surface area contributed by atoms with Gasteiger partial charge >= 0.3 is 5.97 Å². The normalized spacial score (nSPS) is 15.2. The lowest BCUT2D eigenvalue weighted by Crippen LogP contribution is -2.40. The van der Waals surface area contributed by atoms with Crippen LogP contribution in [0.2, 0.25) is 0 Å². The number of allylic oxidation sites excluding steroid dienone is 1. The second-order valence-electron chi connectivity index (χ2n) is 8.35. The zero-order valence-electron chi connectivity index (χ0n) is 21.3. The number of benzene rings is 2. The number of fused-ring (bicyclic) bond motifs is 1. The molecule has 1 N–H and O–H groups in total. The number of ether oxygens (including phenoxy) is 3. The van der Waals surface area contributed by atoms with Crippen molar-refractivity contribution in [2.45, 2.75) is 40.2 Å². The van der Waals surface area contributed by atoms with Crippen LogP contribution >= 0.6 is 11.3 Å². The van der Waals surface area contributed by atoms with Crippen molar-refractivity contribution in [3.05, 3.63) is 84.5 Å². The van der Waals surface area contributed by atoms with Crippen molar-refractivity contribution in [2.75, 3.05) is 19.8 Å². The van der Waals surface area contributed by atoms with Gasteiger partial charge in [0.05, 0.1) is 35.6 Å². The Balaban J connectivity index is 1.93. The van der Waals surface area contributed by atoms with Crippen LogP contribution in [0.1, 0.15) is 51.3 Å². The van der Waals surface area contributed by atoms with Crippen LogP contribution in [0.15, 0.2) is 63.5 Å². The molecule has 1 aromatic heterocycles. The van der Waals surface area contributed by atoms with E-state index in [2.05, 4.69) is 4.99 Å². The number of aromatic hydroxyl groups is 1. The van der Waals surface area contributed by atoms with Crippen LogP contribution in [0.4, 0.5) is 0 Å². The maximum atomic E-state index is 13.8. The van der Waals surface area contributed by atoms with E-state index in [9.17, 15) is 14.7 Å². The summed E-state index contributed by atoms with van der Waals surface area (Å²) in [6.07, 6.45) is 2.54. The zero-order valence-corrected chi connectivity index (χ0v) is 22.1. The number of carbonyl (C=O) groups excluding carboxylic acids is 1. The first-order valence-electron chi connectivity index (χ1n) is 12.3. The Morgan fingerprint density at radius 1 is 1.11 bits per heavy atom. The molecule has 1 atom stereocenters. The fourth-order valence-corrected chi connectivity index (χ4v) is 5.23. The molecule has 194 valence electrons. The van der Waals surface area contributed by atoms with Gasteiger partial charge in [0.15, 0.2) is 16.3 Å². The van der Waals surface area contributed by atoms with Crippen molar-refractivity contribution >= 4 is 23.4 Å². The van der Waals surface area contributed by atoms with Crippen molar-refractivity contribution in [1.82, 2.24) is 4.57 Å². The summed E-state index contributed by atoms with van der Waals surface area (Å²) < 4.78 is 18.8. The lowest BCUT2D eigenvalue weighted by atomic mass is 9.95. The smallest absolute Gasteiger partial charge is 0.338 e. The molecule has 3 aromatic rings. The van der Waals surface area contributed by atoms with E-state index >= 15 is 0 Å². The molecule has 0 unspecified atom stereocenters. The molecule has 37 heavy (non-hydrogen) atoms. The Morgan fingerprint density at radius 3 is 2.62 bits per heavy atom. The van der Waals surface area contributed by atoms with Crippen LogP contribution in [0.5, 0.6) is 17.2 Å². The Morgan fingerprint density at radius 2 is 1.89 bits per heavy atom. The number of phenolic OH excluding ortho intramolecular Hbond substituents is 1. The van der Waals surface area contributed by atoms with E-state index in [1.165, 1.54) is 22.0 Å². The topological polar surface area (TPSA) is 99.4 Å². The lowest BCUT2D eigenvalue weighted by molar-refractivity contribution is -0.139. The summed E-state index contributed by atoms with van der Waals surface area (Å²) in [5.41, 5.74) is 1.88. The number of carbonyl (C=O) groups is 1. The predicted molar refractivity (Wildman–Crippen MR) is 142 cm³/mol. The molecule has 0 fully saturated rings. The Kier molecular flexibility index (Phi) is 8.13. The van der Waals surface area contributed by atoms with Gasteiger partial charge in [0.2, 0.25) is 0 Å². The van der Waals surface area contributed by atoms with E-state index in [4.69, 9.17) is 14.2 Å². The molecule has 1 aliphatic heterocycles.